The predicted molar refractivity (Wildman–Crippen MR) is 502 cm³/mol. The second kappa shape index (κ2) is 43.2. The van der Waals surface area contributed by atoms with E-state index in [1.165, 1.54) is 31.4 Å². The highest BCUT2D eigenvalue weighted by Gasteiger charge is 2.42. The summed E-state index contributed by atoms with van der Waals surface area (Å²) in [5.41, 5.74) is 1.61. The molecule has 702 valence electrons. The third-order valence-electron chi connectivity index (χ3n) is 23.9. The first-order valence-electron chi connectivity index (χ1n) is 43.3. The van der Waals surface area contributed by atoms with Gasteiger partial charge in [-0.3, -0.25) is 38.4 Å². The standard InChI is InChI=1S/C25H26ClNO7.2C25H26ClNO6.C24H24ClNO7/c1-27-9-7-15(21(13-27)33-22(31)8-10-32-2)23-17(28)11-18(29)24-19(30)12-20(34-25(23)24)14-5-3-4-6-16(14)26;1-13(2)25(31)33-21-12-27(3)9-8-15(21)22-17(28)10-18(29)23-19(30)11-20(32-24(22)23)14-6-4-5-7-16(14)26;1-3-6-22(31)32-21-13-27(2)10-9-15(21)23-17(28)11-18(29)24-19(30)12-20(33-25(23)24)14-7-4-5-8-16(14)26;1-26-8-6-14(20(12-26)32-21(31)7-9-27)22-16(28)10-17(29)23-18(30)11-19(33-24(22)23)13-4-2-3-5-15(13)25/h3-6,11-12,15,21,28-29H,7-10,13H2,1-2H3;4-7,10-11,13,15,21,28-29H,8-9,12H2,1-3H3;4-5,7-8,11-12,15,21,28-29H,3,6,9-10,13H2,1-2H3;2-5,10-11,14,20,27-29H,6-9,12H2,1H3/t3*15-,21+;14-,20+/m0000/s1. The Bertz CT molecular complexity index is 6420. The molecule has 0 radical (unpaired) electrons. The first kappa shape index (κ1) is 98.3. The number of likely N-dealkylation sites (tertiary alicyclic amines) is 4. The van der Waals surface area contributed by atoms with Gasteiger partial charge in [-0.1, -0.05) is 116 Å². The average molecular weight is 1910 g/mol. The van der Waals surface area contributed by atoms with Crippen molar-refractivity contribution in [3.8, 4) is 91.3 Å². The summed E-state index contributed by atoms with van der Waals surface area (Å²) in [7, 11) is 9.16. The Hall–Kier alpha value is -12.2. The second-order valence-electron chi connectivity index (χ2n) is 33.8. The van der Waals surface area contributed by atoms with Gasteiger partial charge < -0.3 is 107 Å². The van der Waals surface area contributed by atoms with Crippen molar-refractivity contribution in [2.45, 2.75) is 120 Å². The van der Waals surface area contributed by atoms with Gasteiger partial charge in [0.2, 0.25) is 0 Å². The lowest BCUT2D eigenvalue weighted by atomic mass is 9.85. The molecule has 0 saturated carbocycles. The van der Waals surface area contributed by atoms with Gasteiger partial charge in [-0.25, -0.2) is 0 Å². The Morgan fingerprint density at radius 3 is 0.865 bits per heavy atom. The lowest BCUT2D eigenvalue weighted by Gasteiger charge is -2.37. The monoisotopic (exact) mass is 1900 g/mol. The number of phenolic OH excluding ortho intramolecular Hbond substituents is 8. The van der Waals surface area contributed by atoms with Crippen LogP contribution in [0.4, 0.5) is 0 Å². The first-order valence-corrected chi connectivity index (χ1v) is 44.8. The molecule has 12 aromatic rings. The van der Waals surface area contributed by atoms with Gasteiger partial charge in [0.05, 0.1) is 52.1 Å². The van der Waals surface area contributed by atoms with Crippen molar-refractivity contribution in [2.24, 2.45) is 5.92 Å². The molecule has 4 fully saturated rings. The maximum Gasteiger partial charge on any atom is 0.308 e. The summed E-state index contributed by atoms with van der Waals surface area (Å²) in [6, 6.07) is 37.2. The number of piperidine rings is 4. The van der Waals surface area contributed by atoms with E-state index in [4.69, 9.17) is 92.9 Å². The smallest absolute Gasteiger partial charge is 0.308 e. The number of halogens is 4. The summed E-state index contributed by atoms with van der Waals surface area (Å²) in [5, 5.41) is 95.7. The Balaban J connectivity index is 0.000000151. The molecule has 8 aromatic carbocycles. The minimum atomic E-state index is -0.657. The fourth-order valence-corrected chi connectivity index (χ4v) is 18.3. The van der Waals surface area contributed by atoms with Gasteiger partial charge in [0.15, 0.2) is 21.7 Å². The number of nitrogens with zero attached hydrogens (tertiary/aromatic N) is 4. The zero-order chi connectivity index (χ0) is 95.7. The number of carbonyl (C=O) groups is 4. The van der Waals surface area contributed by atoms with E-state index in [0.29, 0.717) is 150 Å². The lowest BCUT2D eigenvalue weighted by Crippen LogP contribution is -2.43. The van der Waals surface area contributed by atoms with Crippen LogP contribution in [0.1, 0.15) is 118 Å². The molecule has 16 rings (SSSR count). The van der Waals surface area contributed by atoms with E-state index in [2.05, 4.69) is 0 Å². The molecule has 4 saturated heterocycles. The largest absolute Gasteiger partial charge is 0.507 e. The molecule has 8 atom stereocenters. The van der Waals surface area contributed by atoms with Gasteiger partial charge in [-0.05, 0) is 135 Å². The van der Waals surface area contributed by atoms with Crippen LogP contribution in [0.3, 0.4) is 0 Å². The molecule has 30 nitrogen and oxygen atoms in total. The van der Waals surface area contributed by atoms with E-state index < -0.39 is 93.2 Å². The van der Waals surface area contributed by atoms with Crippen LogP contribution in [0.2, 0.25) is 20.1 Å². The molecule has 0 bridgehead atoms. The lowest BCUT2D eigenvalue weighted by molar-refractivity contribution is -0.156. The van der Waals surface area contributed by atoms with Crippen LogP contribution < -0.4 is 21.7 Å². The fourth-order valence-electron chi connectivity index (χ4n) is 17.4. The third-order valence-corrected chi connectivity index (χ3v) is 25.3. The number of fused-ring (bicyclic) bond motifs is 4. The van der Waals surface area contributed by atoms with Crippen molar-refractivity contribution in [2.75, 3.05) is 101 Å². The number of aliphatic hydroxyl groups excluding tert-OH is 1. The fraction of sp³-hybridized carbons (Fsp3) is 0.354. The van der Waals surface area contributed by atoms with Crippen molar-refractivity contribution < 1.29 is 106 Å². The van der Waals surface area contributed by atoms with E-state index in [9.17, 15) is 79.2 Å². The first-order chi connectivity index (χ1) is 63.6. The summed E-state index contributed by atoms with van der Waals surface area (Å²) in [4.78, 5) is 109. The van der Waals surface area contributed by atoms with Gasteiger partial charge in [0.25, 0.3) is 0 Å². The molecule has 0 spiro atoms. The molecule has 34 heteroatoms. The number of aliphatic hydroxyl groups is 1. The number of carbonyl (C=O) groups excluding carboxylic acids is 4. The van der Waals surface area contributed by atoms with Crippen molar-refractivity contribution in [3.63, 3.8) is 0 Å². The van der Waals surface area contributed by atoms with E-state index in [1.54, 1.807) is 111 Å². The second-order valence-corrected chi connectivity index (χ2v) is 35.4. The molecule has 4 aliphatic heterocycles. The van der Waals surface area contributed by atoms with Crippen LogP contribution in [0.25, 0.3) is 89.2 Å². The number of benzene rings is 8. The Labute approximate surface area is 782 Å². The van der Waals surface area contributed by atoms with Gasteiger partial charge in [-0.15, -0.1) is 0 Å². The number of esters is 4. The summed E-state index contributed by atoms with van der Waals surface area (Å²) in [6.07, 6.45) is 0.685. The average Bonchev–Trinajstić information content (AvgIpc) is 0.760. The number of hydrogen-bond donors (Lipinski definition) is 9. The van der Waals surface area contributed by atoms with Crippen molar-refractivity contribution >= 4 is 114 Å². The number of methoxy groups -OCH3 is 1. The SMILES string of the molecule is CC(C)C(=O)O[C@@H]1CN(C)CC[C@@H]1c1c(O)cc(O)c2c(=O)cc(-c3ccccc3Cl)oc12.CCCC(=O)O[C@@H]1CN(C)CC[C@@H]1c1c(O)cc(O)c2c(=O)cc(-c3ccccc3Cl)oc12.CN1CC[C@H](c2c(O)cc(O)c3c(=O)cc(-c4ccccc4Cl)oc23)[C@H](OC(=O)CCO)C1.COCCC(=O)O[C@@H]1CN(C)CC[C@@H]1c1c(O)cc(O)c2c(=O)cc(-c3ccccc3Cl)oc12. The molecular formula is C99H102Cl4N4O26. The predicted octanol–water partition coefficient (Wildman–Crippen LogP) is 16.3. The van der Waals surface area contributed by atoms with Crippen LogP contribution in [-0.4, -0.2) is 215 Å². The minimum absolute atomic E-state index is 0.0210. The number of ether oxygens (including phenoxy) is 5. The molecule has 9 N–H and O–H groups in total. The van der Waals surface area contributed by atoms with Crippen LogP contribution >= 0.6 is 46.4 Å². The number of hydrogen-bond acceptors (Lipinski definition) is 30. The third kappa shape index (κ3) is 22.2. The highest BCUT2D eigenvalue weighted by atomic mass is 35.5. The van der Waals surface area contributed by atoms with Crippen LogP contribution in [0.5, 0.6) is 46.0 Å². The van der Waals surface area contributed by atoms with E-state index in [1.807, 2.05) is 54.7 Å². The van der Waals surface area contributed by atoms with Crippen LogP contribution in [-0.2, 0) is 42.9 Å². The maximum atomic E-state index is 13.0. The molecular weight excluding hydrogens is 1800 g/mol. The van der Waals surface area contributed by atoms with E-state index in [0.717, 1.165) is 24.3 Å². The van der Waals surface area contributed by atoms with Crippen molar-refractivity contribution in [1.29, 1.82) is 0 Å². The van der Waals surface area contributed by atoms with E-state index in [-0.39, 0.29) is 151 Å². The molecule has 0 unspecified atom stereocenters. The summed E-state index contributed by atoms with van der Waals surface area (Å²) in [5.74, 6) is -5.46. The molecule has 4 aliphatic rings. The Kier molecular flexibility index (Phi) is 31.9. The Morgan fingerprint density at radius 2 is 0.624 bits per heavy atom. The maximum absolute atomic E-state index is 13.0. The summed E-state index contributed by atoms with van der Waals surface area (Å²) >= 11 is 25.2. The summed E-state index contributed by atoms with van der Waals surface area (Å²) < 4.78 is 52.4. The van der Waals surface area contributed by atoms with Crippen molar-refractivity contribution in [1.82, 2.24) is 19.6 Å². The quantitative estimate of drug-likeness (QED) is 0.0253. The number of likely N-dealkylation sites (N-methyl/N-ethyl adjacent to an activating group) is 4. The van der Waals surface area contributed by atoms with Crippen LogP contribution in [0.15, 0.2) is 182 Å². The van der Waals surface area contributed by atoms with Crippen LogP contribution in [0, 0.1) is 5.92 Å². The van der Waals surface area contributed by atoms with E-state index >= 15 is 0 Å². The molecule has 0 amide bonds. The van der Waals surface area contributed by atoms with Gasteiger partial charge >= 0.3 is 23.9 Å². The number of aromatic hydroxyl groups is 8. The highest BCUT2D eigenvalue weighted by Crippen LogP contribution is 2.50. The Morgan fingerprint density at radius 1 is 0.376 bits per heavy atom. The topological polar surface area (TPSA) is 430 Å². The zero-order valence-corrected chi connectivity index (χ0v) is 77.1. The van der Waals surface area contributed by atoms with Crippen molar-refractivity contribution in [3.05, 3.63) is 229 Å². The highest BCUT2D eigenvalue weighted by molar-refractivity contribution is 6.34. The zero-order valence-electron chi connectivity index (χ0n) is 74.0. The molecule has 133 heavy (non-hydrogen) atoms. The number of phenols is 8. The van der Waals surface area contributed by atoms with Gasteiger partial charge in [-0.2, -0.15) is 0 Å². The number of rotatable bonds is 20. The molecule has 4 aromatic heterocycles. The normalized spacial score (nSPS) is 19.0. The van der Waals surface area contributed by atoms with Gasteiger partial charge in [0, 0.05) is 156 Å². The summed E-state index contributed by atoms with van der Waals surface area (Å²) in [6.45, 7) is 9.76. The molecule has 0 aliphatic carbocycles. The van der Waals surface area contributed by atoms with Gasteiger partial charge in [0.1, 0.15) is 137 Å². The molecule has 8 heterocycles. The minimum Gasteiger partial charge on any atom is -0.507 e.